The smallest absolute Gasteiger partial charge is 0.407 e. The van der Waals surface area contributed by atoms with Crippen LogP contribution in [-0.2, 0) is 4.74 Å². The lowest BCUT2D eigenvalue weighted by Gasteiger charge is -2.16. The molecule has 0 bridgehead atoms. The van der Waals surface area contributed by atoms with Crippen molar-refractivity contribution in [2.45, 2.75) is 58.6 Å². The number of ether oxygens (including phenoxy) is 1. The summed E-state index contributed by atoms with van der Waals surface area (Å²) in [4.78, 5) is 11.1. The van der Waals surface area contributed by atoms with Crippen LogP contribution in [0.25, 0.3) is 0 Å². The van der Waals surface area contributed by atoms with E-state index in [0.717, 1.165) is 12.8 Å². The number of unbranched alkanes of at least 4 members (excludes halogenated alkanes) is 3. The molecule has 0 aliphatic carbocycles. The van der Waals surface area contributed by atoms with Gasteiger partial charge in [0.2, 0.25) is 0 Å². The Labute approximate surface area is 92.0 Å². The van der Waals surface area contributed by atoms with Crippen molar-refractivity contribution < 1.29 is 14.6 Å². The minimum absolute atomic E-state index is 0.270. The van der Waals surface area contributed by atoms with Gasteiger partial charge in [-0.25, -0.2) is 4.79 Å². The maximum Gasteiger partial charge on any atom is 0.407 e. The summed E-state index contributed by atoms with van der Waals surface area (Å²) in [6.07, 6.45) is 3.35. The van der Waals surface area contributed by atoms with E-state index in [1.165, 1.54) is 12.8 Å². The number of aliphatic hydroxyl groups excluding tert-OH is 1. The fourth-order valence-electron chi connectivity index (χ4n) is 1.04. The zero-order valence-electron chi connectivity index (χ0n) is 9.95. The van der Waals surface area contributed by atoms with E-state index in [1.54, 1.807) is 13.8 Å². The van der Waals surface area contributed by atoms with Crippen LogP contribution in [0.4, 0.5) is 4.79 Å². The predicted octanol–water partition coefficient (Wildman–Crippen LogP) is 2.06. The number of aliphatic hydroxyl groups is 1. The van der Waals surface area contributed by atoms with Crippen LogP contribution >= 0.6 is 0 Å². The van der Waals surface area contributed by atoms with Gasteiger partial charge in [-0.15, -0.1) is 0 Å². The van der Waals surface area contributed by atoms with Crippen LogP contribution in [0.5, 0.6) is 0 Å². The number of hydrogen-bond donors (Lipinski definition) is 2. The topological polar surface area (TPSA) is 58.6 Å². The number of rotatable bonds is 7. The molecule has 0 heterocycles. The summed E-state index contributed by atoms with van der Waals surface area (Å²) in [6, 6.07) is -0.270. The van der Waals surface area contributed by atoms with E-state index >= 15 is 0 Å². The molecule has 0 aromatic carbocycles. The number of alkyl carbamates (subject to hydrolysis) is 1. The normalized spacial score (nSPS) is 14.4. The molecule has 0 radical (unpaired) electrons. The fraction of sp³-hybridized carbons (Fsp3) is 0.909. The molecule has 0 aromatic rings. The van der Waals surface area contributed by atoms with Gasteiger partial charge in [0, 0.05) is 0 Å². The van der Waals surface area contributed by atoms with Crippen molar-refractivity contribution in [1.29, 1.82) is 0 Å². The molecule has 0 aliphatic rings. The third kappa shape index (κ3) is 8.24. The second-order valence-corrected chi connectivity index (χ2v) is 3.87. The lowest BCUT2D eigenvalue weighted by atomic mass is 10.2. The van der Waals surface area contributed by atoms with Gasteiger partial charge in [0.15, 0.2) is 0 Å². The number of nitrogens with one attached hydrogen (secondary N) is 1. The highest BCUT2D eigenvalue weighted by Crippen LogP contribution is 1.99. The highest BCUT2D eigenvalue weighted by molar-refractivity contribution is 5.67. The van der Waals surface area contributed by atoms with Crippen LogP contribution in [0.15, 0.2) is 0 Å². The molecule has 4 heteroatoms. The van der Waals surface area contributed by atoms with Gasteiger partial charge in [0.25, 0.3) is 0 Å². The number of hydrogen-bond acceptors (Lipinski definition) is 3. The summed E-state index contributed by atoms with van der Waals surface area (Å²) in [5.41, 5.74) is 0. The number of amides is 1. The van der Waals surface area contributed by atoms with E-state index in [2.05, 4.69) is 12.2 Å². The van der Waals surface area contributed by atoms with Gasteiger partial charge in [0.05, 0.1) is 18.8 Å². The third-order valence-electron chi connectivity index (χ3n) is 2.30. The molecule has 4 nitrogen and oxygen atoms in total. The highest BCUT2D eigenvalue weighted by Gasteiger charge is 2.12. The van der Waals surface area contributed by atoms with E-state index in [-0.39, 0.29) is 6.04 Å². The van der Waals surface area contributed by atoms with Gasteiger partial charge in [-0.1, -0.05) is 26.2 Å². The predicted molar refractivity (Wildman–Crippen MR) is 59.8 cm³/mol. The van der Waals surface area contributed by atoms with E-state index in [1.807, 2.05) is 0 Å². The monoisotopic (exact) mass is 217 g/mol. The molecule has 0 aromatic heterocycles. The second kappa shape index (κ2) is 8.53. The molecular weight excluding hydrogens is 194 g/mol. The molecular formula is C11H23NO3. The lowest BCUT2D eigenvalue weighted by Crippen LogP contribution is -2.40. The van der Waals surface area contributed by atoms with Crippen molar-refractivity contribution in [1.82, 2.24) is 5.32 Å². The van der Waals surface area contributed by atoms with E-state index in [0.29, 0.717) is 6.61 Å². The van der Waals surface area contributed by atoms with Crippen LogP contribution in [0.1, 0.15) is 46.5 Å². The Balaban J connectivity index is 3.41. The molecule has 2 atom stereocenters. The molecule has 15 heavy (non-hydrogen) atoms. The Kier molecular flexibility index (Phi) is 8.09. The SMILES string of the molecule is CCCCCCOC(=O)NC(C)C(C)O. The standard InChI is InChI=1S/C11H23NO3/c1-4-5-6-7-8-15-11(14)12-9(2)10(3)13/h9-10,13H,4-8H2,1-3H3,(H,12,14). The molecule has 0 spiro atoms. The molecule has 0 fully saturated rings. The maximum atomic E-state index is 11.1. The van der Waals surface area contributed by atoms with Crippen LogP contribution < -0.4 is 5.32 Å². The largest absolute Gasteiger partial charge is 0.450 e. The van der Waals surface area contributed by atoms with E-state index in [9.17, 15) is 4.79 Å². The summed E-state index contributed by atoms with van der Waals surface area (Å²) < 4.78 is 4.95. The van der Waals surface area contributed by atoms with Crippen LogP contribution in [0.2, 0.25) is 0 Å². The molecule has 90 valence electrons. The van der Waals surface area contributed by atoms with E-state index in [4.69, 9.17) is 9.84 Å². The van der Waals surface area contributed by atoms with Crippen molar-refractivity contribution in [3.63, 3.8) is 0 Å². The Bertz CT molecular complexity index is 171. The minimum atomic E-state index is -0.558. The average Bonchev–Trinajstić information content (AvgIpc) is 2.17. The lowest BCUT2D eigenvalue weighted by molar-refractivity contribution is 0.116. The first-order chi connectivity index (χ1) is 7.07. The van der Waals surface area contributed by atoms with E-state index < -0.39 is 12.2 Å². The number of carbonyl (C=O) groups is 1. The van der Waals surface area contributed by atoms with Gasteiger partial charge in [-0.2, -0.15) is 0 Å². The van der Waals surface area contributed by atoms with Crippen molar-refractivity contribution >= 4 is 6.09 Å². The summed E-state index contributed by atoms with van der Waals surface area (Å²) in [6.45, 7) is 5.96. The third-order valence-corrected chi connectivity index (χ3v) is 2.30. The molecule has 0 aliphatic heterocycles. The molecule has 0 rings (SSSR count). The number of carbonyl (C=O) groups excluding carboxylic acids is 1. The Morgan fingerprint density at radius 2 is 2.00 bits per heavy atom. The first-order valence-electron chi connectivity index (χ1n) is 5.69. The molecule has 0 saturated heterocycles. The summed E-state index contributed by atoms with van der Waals surface area (Å²) in [5.74, 6) is 0. The van der Waals surface area contributed by atoms with Gasteiger partial charge in [0.1, 0.15) is 0 Å². The maximum absolute atomic E-state index is 11.1. The molecule has 2 N–H and O–H groups in total. The van der Waals surface area contributed by atoms with Crippen molar-refractivity contribution in [3.05, 3.63) is 0 Å². The van der Waals surface area contributed by atoms with Crippen LogP contribution in [0.3, 0.4) is 0 Å². The molecule has 1 amide bonds. The van der Waals surface area contributed by atoms with Gasteiger partial charge < -0.3 is 15.2 Å². The first-order valence-corrected chi connectivity index (χ1v) is 5.69. The quantitative estimate of drug-likeness (QED) is 0.642. The Morgan fingerprint density at radius 3 is 2.53 bits per heavy atom. The van der Waals surface area contributed by atoms with Crippen LogP contribution in [0, 0.1) is 0 Å². The zero-order valence-corrected chi connectivity index (χ0v) is 9.95. The van der Waals surface area contributed by atoms with Crippen molar-refractivity contribution in [2.24, 2.45) is 0 Å². The summed E-state index contributed by atoms with van der Waals surface area (Å²) >= 11 is 0. The van der Waals surface area contributed by atoms with Gasteiger partial charge >= 0.3 is 6.09 Å². The first kappa shape index (κ1) is 14.2. The van der Waals surface area contributed by atoms with Gasteiger partial charge in [-0.3, -0.25) is 0 Å². The van der Waals surface area contributed by atoms with Crippen molar-refractivity contribution in [2.75, 3.05) is 6.61 Å². The van der Waals surface area contributed by atoms with Gasteiger partial charge in [-0.05, 0) is 20.3 Å². The Morgan fingerprint density at radius 1 is 1.33 bits per heavy atom. The molecule has 2 unspecified atom stereocenters. The fourth-order valence-corrected chi connectivity index (χ4v) is 1.04. The summed E-state index contributed by atoms with van der Waals surface area (Å²) in [7, 11) is 0. The second-order valence-electron chi connectivity index (χ2n) is 3.87. The van der Waals surface area contributed by atoms with Crippen molar-refractivity contribution in [3.8, 4) is 0 Å². The summed E-state index contributed by atoms with van der Waals surface area (Å²) in [5, 5.41) is 11.7. The average molecular weight is 217 g/mol. The highest BCUT2D eigenvalue weighted by atomic mass is 16.5. The Hall–Kier alpha value is -0.770. The zero-order chi connectivity index (χ0) is 11.7. The molecule has 0 saturated carbocycles. The van der Waals surface area contributed by atoms with Crippen LogP contribution in [-0.4, -0.2) is 30.0 Å². The minimum Gasteiger partial charge on any atom is -0.450 e.